The Kier molecular flexibility index (Phi) is 2.76. The molecule has 0 aromatic rings. The molecule has 0 aromatic carbocycles. The van der Waals surface area contributed by atoms with Crippen molar-refractivity contribution in [1.29, 1.82) is 0 Å². The summed E-state index contributed by atoms with van der Waals surface area (Å²) in [6.07, 6.45) is 2.98. The van der Waals surface area contributed by atoms with Crippen LogP contribution in [0.5, 0.6) is 0 Å². The van der Waals surface area contributed by atoms with Crippen molar-refractivity contribution >= 4 is 5.91 Å². The van der Waals surface area contributed by atoms with Crippen LogP contribution in [-0.2, 0) is 4.79 Å². The third-order valence-electron chi connectivity index (χ3n) is 2.57. The Morgan fingerprint density at radius 3 is 2.67 bits per heavy atom. The van der Waals surface area contributed by atoms with Crippen LogP contribution in [0.4, 0.5) is 0 Å². The van der Waals surface area contributed by atoms with Crippen LogP contribution in [0.25, 0.3) is 0 Å². The van der Waals surface area contributed by atoms with Gasteiger partial charge in [0, 0.05) is 13.0 Å². The predicted molar refractivity (Wildman–Crippen MR) is 49.8 cm³/mol. The monoisotopic (exact) mass is 169 g/mol. The van der Waals surface area contributed by atoms with Gasteiger partial charge in [-0.05, 0) is 24.2 Å². The summed E-state index contributed by atoms with van der Waals surface area (Å²) in [5.41, 5.74) is 0.349. The van der Waals surface area contributed by atoms with Crippen LogP contribution in [0.1, 0.15) is 40.0 Å². The van der Waals surface area contributed by atoms with E-state index in [1.807, 2.05) is 0 Å². The maximum Gasteiger partial charge on any atom is 0.220 e. The van der Waals surface area contributed by atoms with Gasteiger partial charge in [0.05, 0.1) is 0 Å². The van der Waals surface area contributed by atoms with Gasteiger partial charge in [-0.15, -0.1) is 0 Å². The third kappa shape index (κ3) is 2.50. The highest BCUT2D eigenvalue weighted by molar-refractivity contribution is 5.76. The molecule has 1 fully saturated rings. The molecular formula is C10H19NO. The largest absolute Gasteiger partial charge is 0.356 e. The number of piperidine rings is 1. The highest BCUT2D eigenvalue weighted by atomic mass is 16.1. The number of hydrogen-bond acceptors (Lipinski definition) is 1. The summed E-state index contributed by atoms with van der Waals surface area (Å²) in [4.78, 5) is 10.9. The fraction of sp³-hybridized carbons (Fsp3) is 0.900. The number of carbonyl (C=O) groups excluding carboxylic acids is 1. The van der Waals surface area contributed by atoms with Gasteiger partial charge in [-0.1, -0.05) is 20.8 Å². The second-order valence-corrected chi connectivity index (χ2v) is 4.69. The van der Waals surface area contributed by atoms with Crippen molar-refractivity contribution in [2.75, 3.05) is 6.54 Å². The first-order chi connectivity index (χ1) is 5.52. The molecule has 0 aromatic heterocycles. The van der Waals surface area contributed by atoms with E-state index < -0.39 is 0 Å². The van der Waals surface area contributed by atoms with Crippen molar-refractivity contribution in [3.63, 3.8) is 0 Å². The van der Waals surface area contributed by atoms with E-state index in [-0.39, 0.29) is 5.91 Å². The Hall–Kier alpha value is -0.530. The number of amides is 1. The standard InChI is InChI=1S/C10H19NO/c1-8(2)6-10(3)5-4-9(12)11-7-10/h8H,4-7H2,1-3H3,(H,11,12). The highest BCUT2D eigenvalue weighted by Gasteiger charge is 2.30. The molecule has 1 atom stereocenters. The number of rotatable bonds is 2. The normalized spacial score (nSPS) is 30.5. The maximum absolute atomic E-state index is 10.9. The fourth-order valence-corrected chi connectivity index (χ4v) is 2.06. The van der Waals surface area contributed by atoms with Crippen LogP contribution in [0.2, 0.25) is 0 Å². The van der Waals surface area contributed by atoms with Crippen molar-refractivity contribution in [3.8, 4) is 0 Å². The topological polar surface area (TPSA) is 29.1 Å². The lowest BCUT2D eigenvalue weighted by Gasteiger charge is -2.35. The Morgan fingerprint density at radius 1 is 1.58 bits per heavy atom. The Balaban J connectivity index is 2.44. The molecule has 2 heteroatoms. The van der Waals surface area contributed by atoms with Crippen molar-refractivity contribution in [3.05, 3.63) is 0 Å². The Bertz CT molecular complexity index is 165. The molecule has 2 nitrogen and oxygen atoms in total. The minimum absolute atomic E-state index is 0.219. The molecule has 1 saturated heterocycles. The molecule has 70 valence electrons. The zero-order chi connectivity index (χ0) is 9.19. The van der Waals surface area contributed by atoms with E-state index in [1.165, 1.54) is 6.42 Å². The van der Waals surface area contributed by atoms with Gasteiger partial charge in [-0.2, -0.15) is 0 Å². The van der Waals surface area contributed by atoms with Crippen LogP contribution >= 0.6 is 0 Å². The lowest BCUT2D eigenvalue weighted by molar-refractivity contribution is -0.124. The molecule has 1 unspecified atom stereocenters. The second-order valence-electron chi connectivity index (χ2n) is 4.69. The van der Waals surface area contributed by atoms with Gasteiger partial charge in [-0.25, -0.2) is 0 Å². The first-order valence-electron chi connectivity index (χ1n) is 4.78. The summed E-state index contributed by atoms with van der Waals surface area (Å²) >= 11 is 0. The molecule has 1 aliphatic heterocycles. The van der Waals surface area contributed by atoms with Crippen molar-refractivity contribution in [2.24, 2.45) is 11.3 Å². The van der Waals surface area contributed by atoms with Gasteiger partial charge in [0.1, 0.15) is 0 Å². The lowest BCUT2D eigenvalue weighted by atomic mass is 9.76. The van der Waals surface area contributed by atoms with E-state index in [9.17, 15) is 4.79 Å². The number of hydrogen-bond donors (Lipinski definition) is 1. The van der Waals surface area contributed by atoms with Crippen LogP contribution in [-0.4, -0.2) is 12.5 Å². The first-order valence-corrected chi connectivity index (χ1v) is 4.78. The van der Waals surface area contributed by atoms with Crippen LogP contribution in [0, 0.1) is 11.3 Å². The Labute approximate surface area is 74.7 Å². The van der Waals surface area contributed by atoms with E-state index in [0.717, 1.165) is 18.9 Å². The quantitative estimate of drug-likeness (QED) is 0.672. The summed E-state index contributed by atoms with van der Waals surface area (Å²) in [6, 6.07) is 0. The molecule has 1 rings (SSSR count). The summed E-state index contributed by atoms with van der Waals surface area (Å²) in [7, 11) is 0. The minimum Gasteiger partial charge on any atom is -0.356 e. The van der Waals surface area contributed by atoms with E-state index in [2.05, 4.69) is 26.1 Å². The molecule has 1 N–H and O–H groups in total. The van der Waals surface area contributed by atoms with Gasteiger partial charge in [0.25, 0.3) is 0 Å². The lowest BCUT2D eigenvalue weighted by Crippen LogP contribution is -2.42. The molecule has 0 aliphatic carbocycles. The minimum atomic E-state index is 0.219. The van der Waals surface area contributed by atoms with Crippen molar-refractivity contribution in [1.82, 2.24) is 5.32 Å². The third-order valence-corrected chi connectivity index (χ3v) is 2.57. The summed E-state index contributed by atoms with van der Waals surface area (Å²) in [5, 5.41) is 2.94. The van der Waals surface area contributed by atoms with Crippen LogP contribution in [0.3, 0.4) is 0 Å². The van der Waals surface area contributed by atoms with Crippen molar-refractivity contribution in [2.45, 2.75) is 40.0 Å². The van der Waals surface area contributed by atoms with Crippen molar-refractivity contribution < 1.29 is 4.79 Å². The molecule has 0 spiro atoms. The predicted octanol–water partition coefficient (Wildman–Crippen LogP) is 1.95. The molecule has 1 amide bonds. The molecule has 1 aliphatic rings. The van der Waals surface area contributed by atoms with Gasteiger partial charge < -0.3 is 5.32 Å². The zero-order valence-electron chi connectivity index (χ0n) is 8.31. The molecule has 0 bridgehead atoms. The van der Waals surface area contributed by atoms with Gasteiger partial charge in [0.2, 0.25) is 5.91 Å². The van der Waals surface area contributed by atoms with E-state index >= 15 is 0 Å². The molecule has 0 saturated carbocycles. The van der Waals surface area contributed by atoms with Gasteiger partial charge >= 0.3 is 0 Å². The zero-order valence-corrected chi connectivity index (χ0v) is 8.31. The Morgan fingerprint density at radius 2 is 2.25 bits per heavy atom. The molecule has 12 heavy (non-hydrogen) atoms. The highest BCUT2D eigenvalue weighted by Crippen LogP contribution is 2.32. The SMILES string of the molecule is CC(C)CC1(C)CCC(=O)NC1. The van der Waals surface area contributed by atoms with Gasteiger partial charge in [-0.3, -0.25) is 4.79 Å². The molecular weight excluding hydrogens is 150 g/mol. The summed E-state index contributed by atoms with van der Waals surface area (Å²) in [6.45, 7) is 7.61. The van der Waals surface area contributed by atoms with Crippen LogP contribution in [0.15, 0.2) is 0 Å². The van der Waals surface area contributed by atoms with E-state index in [4.69, 9.17) is 0 Å². The number of carbonyl (C=O) groups is 1. The first kappa shape index (κ1) is 9.56. The average Bonchev–Trinajstić information content (AvgIpc) is 1.94. The van der Waals surface area contributed by atoms with Gasteiger partial charge in [0.15, 0.2) is 0 Å². The second kappa shape index (κ2) is 3.46. The summed E-state index contributed by atoms with van der Waals surface area (Å²) < 4.78 is 0. The fourth-order valence-electron chi connectivity index (χ4n) is 2.06. The van der Waals surface area contributed by atoms with E-state index in [1.54, 1.807) is 0 Å². The van der Waals surface area contributed by atoms with E-state index in [0.29, 0.717) is 11.8 Å². The van der Waals surface area contributed by atoms with Crippen LogP contribution < -0.4 is 5.32 Å². The molecule has 0 radical (unpaired) electrons. The summed E-state index contributed by atoms with van der Waals surface area (Å²) in [5.74, 6) is 0.946. The maximum atomic E-state index is 10.9. The average molecular weight is 169 g/mol. The smallest absolute Gasteiger partial charge is 0.220 e. The number of nitrogens with one attached hydrogen (secondary N) is 1. The molecule has 1 heterocycles.